The summed E-state index contributed by atoms with van der Waals surface area (Å²) < 4.78 is 58.3. The Morgan fingerprint density at radius 2 is 1.60 bits per heavy atom. The van der Waals surface area contributed by atoms with Crippen LogP contribution < -0.4 is 4.72 Å². The molecule has 0 aromatic rings. The number of aliphatic hydroxyl groups excluding tert-OH is 2. The minimum atomic E-state index is -3.99. The van der Waals surface area contributed by atoms with Gasteiger partial charge in [0.1, 0.15) is 30.1 Å². The highest BCUT2D eigenvalue weighted by Gasteiger charge is 2.52. The number of esters is 1. The van der Waals surface area contributed by atoms with E-state index in [2.05, 4.69) is 4.72 Å². The molecule has 4 N–H and O–H groups in total. The highest BCUT2D eigenvalue weighted by molar-refractivity contribution is 7.89. The van der Waals surface area contributed by atoms with Gasteiger partial charge >= 0.3 is 5.97 Å². The smallest absolute Gasteiger partial charge is 0.328 e. The normalized spacial score (nSPS) is 37.7. The third-order valence-electron chi connectivity index (χ3n) is 14.7. The number of rotatable bonds is 11. The van der Waals surface area contributed by atoms with Gasteiger partial charge in [0, 0.05) is 51.5 Å². The Labute approximate surface area is 415 Å². The van der Waals surface area contributed by atoms with E-state index in [4.69, 9.17) is 23.7 Å². The number of sulfonamides is 1. The average molecular weight is 1010 g/mol. The van der Waals surface area contributed by atoms with Gasteiger partial charge in [-0.1, -0.05) is 69.7 Å². The van der Waals surface area contributed by atoms with Crippen molar-refractivity contribution < 1.29 is 71.4 Å². The number of amides is 1. The van der Waals surface area contributed by atoms with Crippen LogP contribution in [0.1, 0.15) is 126 Å². The Morgan fingerprint density at radius 1 is 0.900 bits per heavy atom. The maximum absolute atomic E-state index is 14.1. The van der Waals surface area contributed by atoms with Crippen molar-refractivity contribution in [1.82, 2.24) is 9.62 Å². The molecule has 1 saturated heterocycles. The van der Waals surface area contributed by atoms with Gasteiger partial charge in [0.2, 0.25) is 15.8 Å². The molecule has 0 aromatic heterocycles. The maximum atomic E-state index is 14.1. The third kappa shape index (κ3) is 16.5. The summed E-state index contributed by atoms with van der Waals surface area (Å²) in [7, 11) is 0.265. The van der Waals surface area contributed by atoms with Crippen molar-refractivity contribution in [3.05, 3.63) is 47.6 Å². The molecule has 396 valence electrons. The quantitative estimate of drug-likeness (QED) is 0.123. The van der Waals surface area contributed by atoms with Crippen molar-refractivity contribution in [3.63, 3.8) is 0 Å². The van der Waals surface area contributed by atoms with Crippen molar-refractivity contribution in [3.8, 4) is 0 Å². The summed E-state index contributed by atoms with van der Waals surface area (Å²) in [6, 6.07) is -2.25. The number of fused-ring (bicyclic) bond motifs is 2. The zero-order chi connectivity index (χ0) is 52.1. The van der Waals surface area contributed by atoms with E-state index in [-0.39, 0.29) is 61.0 Å². The molecule has 70 heavy (non-hydrogen) atoms. The number of hydrogen-bond donors (Lipinski definition) is 4. The molecular weight excluding hydrogens is 925 g/mol. The molecule has 0 aromatic carbocycles. The molecule has 4 rings (SSSR count). The van der Waals surface area contributed by atoms with Gasteiger partial charge in [-0.15, -0.1) is 0 Å². The number of nitrogens with zero attached hydrogens (tertiary/aromatic N) is 1. The van der Waals surface area contributed by atoms with Crippen LogP contribution in [0, 0.1) is 29.6 Å². The Balaban J connectivity index is 1.67. The molecule has 6 unspecified atom stereocenters. The Morgan fingerprint density at radius 3 is 2.24 bits per heavy atom. The van der Waals surface area contributed by atoms with Crippen LogP contribution in [0.5, 0.6) is 0 Å². The molecule has 18 heteroatoms. The lowest BCUT2D eigenvalue weighted by molar-refractivity contribution is -0.263. The monoisotopic (exact) mass is 1010 g/mol. The number of methoxy groups -OCH3 is 2. The van der Waals surface area contributed by atoms with Crippen LogP contribution in [0.4, 0.5) is 0 Å². The van der Waals surface area contributed by atoms with E-state index in [1.807, 2.05) is 13.0 Å². The van der Waals surface area contributed by atoms with E-state index in [1.165, 1.54) is 21.1 Å². The zero-order valence-electron chi connectivity index (χ0n) is 43.0. The molecule has 4 aliphatic rings. The molecule has 2 bridgehead atoms. The van der Waals surface area contributed by atoms with E-state index in [1.54, 1.807) is 72.1 Å². The summed E-state index contributed by atoms with van der Waals surface area (Å²) in [6.07, 6.45) is 12.4. The van der Waals surface area contributed by atoms with Crippen molar-refractivity contribution in [2.75, 3.05) is 33.6 Å². The number of aliphatic hydroxyl groups is 3. The van der Waals surface area contributed by atoms with Crippen LogP contribution >= 0.6 is 0 Å². The SMILES string of the molecule is COC1C(=O)C(C)CC\C=C/C=C\C=C(\C)[C@H](NS(=O)(=O)CCO)C[C@H]2CC[C@H](C)[C@](O)(O2)C(=O)C(=O)N(C)C(C)C(=O)OC([C@H](C)C[C@@H]2CC[C@@H](OC3CC3)[C@H](OC)C2)CC(=O)C(C)/C=C(/C)C1O. The summed E-state index contributed by atoms with van der Waals surface area (Å²) in [6.45, 7) is 11.0. The minimum absolute atomic E-state index is 0.0139. The van der Waals surface area contributed by atoms with E-state index in [0.717, 1.165) is 30.6 Å². The largest absolute Gasteiger partial charge is 0.460 e. The number of carbonyl (C=O) groups excluding carboxylic acids is 5. The number of nitrogens with one attached hydrogen (secondary N) is 1. The summed E-state index contributed by atoms with van der Waals surface area (Å²) >= 11 is 0. The number of hydrogen-bond acceptors (Lipinski definition) is 15. The summed E-state index contributed by atoms with van der Waals surface area (Å²) in [5, 5.41) is 32.7. The van der Waals surface area contributed by atoms with E-state index in [9.17, 15) is 47.7 Å². The maximum Gasteiger partial charge on any atom is 0.328 e. The van der Waals surface area contributed by atoms with Crippen LogP contribution in [0.15, 0.2) is 47.6 Å². The molecule has 2 aliphatic carbocycles. The van der Waals surface area contributed by atoms with Crippen molar-refractivity contribution in [1.29, 1.82) is 0 Å². The highest BCUT2D eigenvalue weighted by atomic mass is 32.2. The number of cyclic esters (lactones) is 1. The molecule has 2 saturated carbocycles. The first kappa shape index (κ1) is 59.1. The van der Waals surface area contributed by atoms with Crippen LogP contribution in [-0.4, -0.2) is 152 Å². The number of allylic oxidation sites excluding steroid dienone is 6. The van der Waals surface area contributed by atoms with Crippen LogP contribution in [-0.2, 0) is 57.7 Å². The van der Waals surface area contributed by atoms with Gasteiger partial charge in [-0.3, -0.25) is 19.2 Å². The second-order valence-corrected chi connectivity index (χ2v) is 22.2. The lowest BCUT2D eigenvalue weighted by Crippen LogP contribution is -2.59. The highest BCUT2D eigenvalue weighted by Crippen LogP contribution is 2.38. The topological polar surface area (TPSA) is 242 Å². The van der Waals surface area contributed by atoms with Gasteiger partial charge in [0.25, 0.3) is 11.7 Å². The first-order chi connectivity index (χ1) is 33.0. The van der Waals surface area contributed by atoms with Crippen molar-refractivity contribution in [2.45, 2.75) is 186 Å². The molecule has 0 spiro atoms. The second-order valence-electron chi connectivity index (χ2n) is 20.4. The summed E-state index contributed by atoms with van der Waals surface area (Å²) in [5.74, 6) is -9.52. The lowest BCUT2D eigenvalue weighted by Gasteiger charge is -2.42. The number of carbonyl (C=O) groups is 5. The van der Waals surface area contributed by atoms with Crippen LogP contribution in [0.3, 0.4) is 0 Å². The fraction of sp³-hybridized carbons (Fsp3) is 0.750. The van der Waals surface area contributed by atoms with Gasteiger partial charge in [0.05, 0.1) is 36.8 Å². The predicted molar refractivity (Wildman–Crippen MR) is 262 cm³/mol. The molecule has 0 radical (unpaired) electrons. The van der Waals surface area contributed by atoms with Gasteiger partial charge in [-0.05, 0) is 109 Å². The Hall–Kier alpha value is -3.46. The number of ketones is 3. The molecule has 3 fully saturated rings. The standard InChI is InChI=1S/C52H82N2O15S/c1-31-16-14-12-11-13-15-17-32(2)46(57)48(66-10)47(58)35(5)26-33(3)42(56)30-44(34(4)27-38-19-23-43(45(28-38)65-9)67-39-21-22-39)68-51(61)37(7)54(8)50(60)49(59)52(62)36(6)18-20-40(69-52)29-41(31)53-70(63,64)25-24-55/h11-14,16,26,32-34,36-41,43-45,47-48,53,55,58,62H,15,17-25,27-30H2,1-10H3/b13-11-,14-12-,31-16-,35-26-/t32?,33?,34-,36+,37?,38+,40-,41-,43-,44?,45-,47?,48?,52+/m1/s1. The van der Waals surface area contributed by atoms with Crippen molar-refractivity contribution >= 4 is 39.2 Å². The number of Topliss-reactive ketones (excluding diaryl/α,β-unsaturated/α-hetero) is 3. The predicted octanol–water partition coefficient (Wildman–Crippen LogP) is 4.85. The van der Waals surface area contributed by atoms with E-state index >= 15 is 0 Å². The molecule has 2 aliphatic heterocycles. The Bertz CT molecular complexity index is 2030. The molecule has 17 nitrogen and oxygen atoms in total. The molecule has 14 atom stereocenters. The first-order valence-electron chi connectivity index (χ1n) is 25.1. The number of likely N-dealkylation sites (N-methyl/N-ethyl adjacent to an activating group) is 1. The van der Waals surface area contributed by atoms with Crippen LogP contribution in [0.25, 0.3) is 0 Å². The third-order valence-corrected chi connectivity index (χ3v) is 16.1. The van der Waals surface area contributed by atoms with Gasteiger partial charge in [-0.25, -0.2) is 17.9 Å². The summed E-state index contributed by atoms with van der Waals surface area (Å²) in [5.41, 5.74) is 0.908. The van der Waals surface area contributed by atoms with Gasteiger partial charge in [0.15, 0.2) is 5.78 Å². The Kier molecular flexibility index (Phi) is 22.8. The van der Waals surface area contributed by atoms with Crippen LogP contribution in [0.2, 0.25) is 0 Å². The second kappa shape index (κ2) is 27.0. The van der Waals surface area contributed by atoms with Gasteiger partial charge < -0.3 is 43.9 Å². The number of ether oxygens (including phenoxy) is 5. The molecule has 1 amide bonds. The van der Waals surface area contributed by atoms with Crippen molar-refractivity contribution in [2.24, 2.45) is 29.6 Å². The summed E-state index contributed by atoms with van der Waals surface area (Å²) in [4.78, 5) is 70.8. The average Bonchev–Trinajstić information content (AvgIpc) is 4.14. The fourth-order valence-electron chi connectivity index (χ4n) is 9.62. The van der Waals surface area contributed by atoms with E-state index < -0.39 is 100 Å². The van der Waals surface area contributed by atoms with Gasteiger partial charge in [-0.2, -0.15) is 0 Å². The molecule has 2 heterocycles. The minimum Gasteiger partial charge on any atom is -0.460 e. The zero-order valence-corrected chi connectivity index (χ0v) is 43.9. The molecular formula is C52H82N2O15S. The van der Waals surface area contributed by atoms with E-state index in [0.29, 0.717) is 43.3 Å². The lowest BCUT2D eigenvalue weighted by atomic mass is 9.78. The first-order valence-corrected chi connectivity index (χ1v) is 26.8. The fourth-order valence-corrected chi connectivity index (χ4v) is 10.7.